The van der Waals surface area contributed by atoms with Crippen LogP contribution in [0, 0.1) is 0 Å². The molecular formula is C14H21NO3. The summed E-state index contributed by atoms with van der Waals surface area (Å²) in [7, 11) is 3.35. The first-order valence-corrected chi connectivity index (χ1v) is 6.19. The average Bonchev–Trinajstić information content (AvgIpc) is 2.36. The normalized spacial score (nSPS) is 26.3. The summed E-state index contributed by atoms with van der Waals surface area (Å²) in [5.41, 5.74) is 7.01. The highest BCUT2D eigenvalue weighted by atomic mass is 16.5. The van der Waals surface area contributed by atoms with Gasteiger partial charge in [-0.2, -0.15) is 0 Å². The zero-order chi connectivity index (χ0) is 13.2. The highest BCUT2D eigenvalue weighted by molar-refractivity contribution is 5.44. The van der Waals surface area contributed by atoms with E-state index in [1.54, 1.807) is 14.2 Å². The first-order valence-electron chi connectivity index (χ1n) is 6.19. The third-order valence-electron chi connectivity index (χ3n) is 3.46. The third-order valence-corrected chi connectivity index (χ3v) is 3.46. The number of hydrogen-bond donors (Lipinski definition) is 1. The van der Waals surface area contributed by atoms with Crippen molar-refractivity contribution in [1.29, 1.82) is 0 Å². The molecule has 100 valence electrons. The number of nitrogens with two attached hydrogens (primary N) is 1. The molecule has 2 atom stereocenters. The van der Waals surface area contributed by atoms with Gasteiger partial charge in [-0.05, 0) is 25.1 Å². The lowest BCUT2D eigenvalue weighted by atomic mass is 9.87. The van der Waals surface area contributed by atoms with Crippen molar-refractivity contribution in [3.8, 4) is 11.5 Å². The summed E-state index contributed by atoms with van der Waals surface area (Å²) in [6, 6.07) is 5.76. The smallest absolute Gasteiger partial charge is 0.125 e. The molecule has 0 aliphatic carbocycles. The summed E-state index contributed by atoms with van der Waals surface area (Å²) in [6.45, 7) is 2.76. The minimum absolute atomic E-state index is 0.0225. The van der Waals surface area contributed by atoms with Crippen LogP contribution in [0.3, 0.4) is 0 Å². The van der Waals surface area contributed by atoms with Crippen LogP contribution in [0.1, 0.15) is 31.4 Å². The van der Waals surface area contributed by atoms with E-state index in [0.29, 0.717) is 6.61 Å². The van der Waals surface area contributed by atoms with Crippen molar-refractivity contribution < 1.29 is 14.2 Å². The van der Waals surface area contributed by atoms with Gasteiger partial charge >= 0.3 is 0 Å². The molecule has 2 N–H and O–H groups in total. The second-order valence-electron chi connectivity index (χ2n) is 5.01. The van der Waals surface area contributed by atoms with Crippen LogP contribution < -0.4 is 15.2 Å². The molecule has 0 amide bonds. The number of methoxy groups -OCH3 is 2. The Morgan fingerprint density at radius 1 is 1.44 bits per heavy atom. The summed E-state index contributed by atoms with van der Waals surface area (Å²) in [4.78, 5) is 0. The lowest BCUT2D eigenvalue weighted by molar-refractivity contribution is 0.0214. The van der Waals surface area contributed by atoms with Crippen molar-refractivity contribution in [3.63, 3.8) is 0 Å². The lowest BCUT2D eigenvalue weighted by Crippen LogP contribution is -2.41. The van der Waals surface area contributed by atoms with Crippen LogP contribution in [0.5, 0.6) is 11.5 Å². The maximum atomic E-state index is 6.24. The molecule has 18 heavy (non-hydrogen) atoms. The molecule has 0 bridgehead atoms. The lowest BCUT2D eigenvalue weighted by Gasteiger charge is -2.38. The predicted octanol–water partition coefficient (Wildman–Crippen LogP) is 2.27. The first kappa shape index (κ1) is 13.2. The van der Waals surface area contributed by atoms with Crippen molar-refractivity contribution in [1.82, 2.24) is 0 Å². The summed E-state index contributed by atoms with van der Waals surface area (Å²) in [5, 5.41) is 0. The van der Waals surface area contributed by atoms with E-state index < -0.39 is 0 Å². The molecule has 0 fully saturated rings. The molecule has 4 nitrogen and oxygen atoms in total. The van der Waals surface area contributed by atoms with Gasteiger partial charge in [0.1, 0.15) is 17.1 Å². The minimum atomic E-state index is -0.253. The van der Waals surface area contributed by atoms with Gasteiger partial charge in [0.15, 0.2) is 0 Å². The maximum Gasteiger partial charge on any atom is 0.125 e. The molecule has 2 unspecified atom stereocenters. The van der Waals surface area contributed by atoms with Gasteiger partial charge in [0.05, 0.1) is 7.11 Å². The Kier molecular flexibility index (Phi) is 3.78. The fourth-order valence-electron chi connectivity index (χ4n) is 2.39. The van der Waals surface area contributed by atoms with Gasteiger partial charge < -0.3 is 19.9 Å². The topological polar surface area (TPSA) is 53.7 Å². The second-order valence-corrected chi connectivity index (χ2v) is 5.01. The number of ether oxygens (including phenoxy) is 3. The Morgan fingerprint density at radius 3 is 2.89 bits per heavy atom. The number of rotatable bonds is 4. The van der Waals surface area contributed by atoms with E-state index in [4.69, 9.17) is 19.9 Å². The molecule has 1 aliphatic heterocycles. The van der Waals surface area contributed by atoms with Gasteiger partial charge in [-0.25, -0.2) is 0 Å². The molecule has 0 saturated carbocycles. The standard InChI is InChI=1S/C14H21NO3/c1-14(6-7-16-2)9-12(15)11-8-10(17-3)4-5-13(11)18-14/h4-5,8,12H,6-7,9,15H2,1-3H3. The van der Waals surface area contributed by atoms with Crippen molar-refractivity contribution in [2.75, 3.05) is 20.8 Å². The highest BCUT2D eigenvalue weighted by Crippen LogP contribution is 2.41. The Morgan fingerprint density at radius 2 is 2.22 bits per heavy atom. The van der Waals surface area contributed by atoms with Gasteiger partial charge in [-0.15, -0.1) is 0 Å². The molecule has 0 radical (unpaired) electrons. The molecule has 1 heterocycles. The third kappa shape index (κ3) is 2.60. The van der Waals surface area contributed by atoms with Crippen LogP contribution >= 0.6 is 0 Å². The highest BCUT2D eigenvalue weighted by Gasteiger charge is 2.35. The zero-order valence-electron chi connectivity index (χ0n) is 11.2. The van der Waals surface area contributed by atoms with Crippen LogP contribution in [-0.2, 0) is 4.74 Å². The fraction of sp³-hybridized carbons (Fsp3) is 0.571. The van der Waals surface area contributed by atoms with Crippen molar-refractivity contribution in [2.45, 2.75) is 31.4 Å². The van der Waals surface area contributed by atoms with Crippen LogP contribution in [0.25, 0.3) is 0 Å². The van der Waals surface area contributed by atoms with E-state index in [-0.39, 0.29) is 11.6 Å². The zero-order valence-corrected chi connectivity index (χ0v) is 11.2. The molecular weight excluding hydrogens is 230 g/mol. The summed E-state index contributed by atoms with van der Waals surface area (Å²) >= 11 is 0. The quantitative estimate of drug-likeness (QED) is 0.892. The molecule has 1 aliphatic rings. The van der Waals surface area contributed by atoms with Gasteiger partial charge in [0.25, 0.3) is 0 Å². The van der Waals surface area contributed by atoms with E-state index in [9.17, 15) is 0 Å². The molecule has 1 aromatic carbocycles. The van der Waals surface area contributed by atoms with E-state index in [0.717, 1.165) is 29.9 Å². The van der Waals surface area contributed by atoms with Crippen LogP contribution in [0.4, 0.5) is 0 Å². The van der Waals surface area contributed by atoms with Crippen molar-refractivity contribution in [3.05, 3.63) is 23.8 Å². The number of fused-ring (bicyclic) bond motifs is 1. The molecule has 0 aromatic heterocycles. The fourth-order valence-corrected chi connectivity index (χ4v) is 2.39. The summed E-state index contributed by atoms with van der Waals surface area (Å²) in [5.74, 6) is 1.67. The van der Waals surface area contributed by atoms with E-state index in [2.05, 4.69) is 6.92 Å². The van der Waals surface area contributed by atoms with Gasteiger partial charge in [0.2, 0.25) is 0 Å². The number of benzene rings is 1. The van der Waals surface area contributed by atoms with Gasteiger partial charge in [-0.1, -0.05) is 0 Å². The molecule has 4 heteroatoms. The Balaban J connectivity index is 2.23. The van der Waals surface area contributed by atoms with Gasteiger partial charge in [0, 0.05) is 38.2 Å². The molecule has 0 spiro atoms. The van der Waals surface area contributed by atoms with Crippen molar-refractivity contribution in [2.24, 2.45) is 5.73 Å². The predicted molar refractivity (Wildman–Crippen MR) is 70.1 cm³/mol. The Labute approximate surface area is 108 Å². The van der Waals surface area contributed by atoms with E-state index >= 15 is 0 Å². The maximum absolute atomic E-state index is 6.24. The summed E-state index contributed by atoms with van der Waals surface area (Å²) in [6.07, 6.45) is 1.62. The minimum Gasteiger partial charge on any atom is -0.497 e. The SMILES string of the molecule is COCCC1(C)CC(N)c2cc(OC)ccc2O1. The Hall–Kier alpha value is -1.26. The number of hydrogen-bond acceptors (Lipinski definition) is 4. The molecule has 0 saturated heterocycles. The largest absolute Gasteiger partial charge is 0.497 e. The van der Waals surface area contributed by atoms with E-state index in [1.807, 2.05) is 18.2 Å². The first-order chi connectivity index (χ1) is 8.58. The second kappa shape index (κ2) is 5.16. The summed E-state index contributed by atoms with van der Waals surface area (Å²) < 4.78 is 16.4. The average molecular weight is 251 g/mol. The monoisotopic (exact) mass is 251 g/mol. The molecule has 2 rings (SSSR count). The van der Waals surface area contributed by atoms with E-state index in [1.165, 1.54) is 0 Å². The van der Waals surface area contributed by atoms with Crippen LogP contribution in [-0.4, -0.2) is 26.4 Å². The van der Waals surface area contributed by atoms with Crippen molar-refractivity contribution >= 4 is 0 Å². The van der Waals surface area contributed by atoms with Gasteiger partial charge in [-0.3, -0.25) is 0 Å². The molecule has 1 aromatic rings. The van der Waals surface area contributed by atoms with Crippen LogP contribution in [0.2, 0.25) is 0 Å². The Bertz CT molecular complexity index is 422. The van der Waals surface area contributed by atoms with Crippen LogP contribution in [0.15, 0.2) is 18.2 Å².